The monoisotopic (exact) mass is 204 g/mol. The van der Waals surface area contributed by atoms with Crippen molar-refractivity contribution in [2.45, 2.75) is 18.4 Å². The van der Waals surface area contributed by atoms with Gasteiger partial charge in [-0.25, -0.2) is 9.38 Å². The number of halogens is 1. The van der Waals surface area contributed by atoms with Crippen LogP contribution < -0.4 is 5.32 Å². The average Bonchev–Trinajstić information content (AvgIpc) is 3.00. The highest BCUT2D eigenvalue weighted by Gasteiger charge is 2.44. The van der Waals surface area contributed by atoms with Gasteiger partial charge in [0.2, 0.25) is 0 Å². The van der Waals surface area contributed by atoms with Crippen molar-refractivity contribution in [3.05, 3.63) is 48.0 Å². The van der Waals surface area contributed by atoms with Crippen molar-refractivity contribution in [1.29, 1.82) is 0 Å². The van der Waals surface area contributed by atoms with Crippen LogP contribution in [0.3, 0.4) is 0 Å². The summed E-state index contributed by atoms with van der Waals surface area (Å²) >= 11 is 0. The van der Waals surface area contributed by atoms with Crippen molar-refractivity contribution in [3.8, 4) is 0 Å². The van der Waals surface area contributed by atoms with Gasteiger partial charge in [-0.3, -0.25) is 0 Å². The molecule has 15 heavy (non-hydrogen) atoms. The van der Waals surface area contributed by atoms with Crippen LogP contribution in [-0.2, 0) is 5.54 Å². The fourth-order valence-corrected chi connectivity index (χ4v) is 1.70. The van der Waals surface area contributed by atoms with Gasteiger partial charge in [0.25, 0.3) is 0 Å². The second kappa shape index (κ2) is 3.50. The van der Waals surface area contributed by atoms with E-state index >= 15 is 0 Å². The van der Waals surface area contributed by atoms with Gasteiger partial charge in [0.1, 0.15) is 11.6 Å². The predicted octanol–water partition coefficient (Wildman–Crippen LogP) is 2.58. The van der Waals surface area contributed by atoms with E-state index in [4.69, 9.17) is 0 Å². The Morgan fingerprint density at radius 2 is 1.93 bits per heavy atom. The molecule has 0 aliphatic heterocycles. The van der Waals surface area contributed by atoms with Gasteiger partial charge in [0, 0.05) is 0 Å². The van der Waals surface area contributed by atoms with E-state index < -0.39 is 0 Å². The molecule has 1 N–H and O–H groups in total. The van der Waals surface area contributed by atoms with Crippen LogP contribution in [0.1, 0.15) is 18.4 Å². The molecule has 3 heteroatoms. The summed E-state index contributed by atoms with van der Waals surface area (Å²) in [7, 11) is 0. The molecule has 1 aliphatic rings. The molecule has 2 nitrogen and oxygen atoms in total. The Kier molecular flexibility index (Phi) is 2.31. The number of aliphatic imine (C=N–C) groups is 1. The summed E-state index contributed by atoms with van der Waals surface area (Å²) in [5.41, 5.74) is 0.986. The van der Waals surface area contributed by atoms with Gasteiger partial charge in [0.05, 0.1) is 5.54 Å². The molecular formula is C12H13FN2. The highest BCUT2D eigenvalue weighted by Crippen LogP contribution is 2.46. The molecule has 0 unspecified atom stereocenters. The first-order valence-corrected chi connectivity index (χ1v) is 4.86. The number of hydrogen-bond donors (Lipinski definition) is 1. The average molecular weight is 204 g/mol. The predicted molar refractivity (Wildman–Crippen MR) is 59.1 cm³/mol. The maximum Gasteiger partial charge on any atom is 0.123 e. The molecule has 1 aromatic carbocycles. The Balaban J connectivity index is 2.19. The first kappa shape index (κ1) is 9.90. The van der Waals surface area contributed by atoms with Crippen LogP contribution in [0.25, 0.3) is 0 Å². The molecule has 0 atom stereocenters. The van der Waals surface area contributed by atoms with Crippen molar-refractivity contribution >= 4 is 6.72 Å². The number of nitrogens with zero attached hydrogens (tertiary/aromatic N) is 1. The standard InChI is InChI=1S/C12H13FN2/c1-9(14-2)15-12(7-8-12)10-3-5-11(13)6-4-10/h3-6,15H,1-2,7-8H2. The number of nitrogens with one attached hydrogen (secondary N) is 1. The van der Waals surface area contributed by atoms with Crippen LogP contribution in [0.15, 0.2) is 41.7 Å². The van der Waals surface area contributed by atoms with E-state index in [0.717, 1.165) is 18.4 Å². The molecule has 2 rings (SSSR count). The first-order valence-electron chi connectivity index (χ1n) is 4.86. The largest absolute Gasteiger partial charge is 0.361 e. The van der Waals surface area contributed by atoms with E-state index in [1.807, 2.05) is 0 Å². The quantitative estimate of drug-likeness (QED) is 0.749. The molecule has 0 spiro atoms. The lowest BCUT2D eigenvalue weighted by atomic mass is 10.1. The molecule has 1 saturated carbocycles. The zero-order valence-electron chi connectivity index (χ0n) is 8.46. The molecule has 0 saturated heterocycles. The molecular weight excluding hydrogens is 191 g/mol. The first-order chi connectivity index (χ1) is 7.16. The van der Waals surface area contributed by atoms with Crippen molar-refractivity contribution in [2.75, 3.05) is 0 Å². The van der Waals surface area contributed by atoms with E-state index in [1.54, 1.807) is 12.1 Å². The Morgan fingerprint density at radius 3 is 2.40 bits per heavy atom. The third-order valence-corrected chi connectivity index (χ3v) is 2.72. The van der Waals surface area contributed by atoms with E-state index in [-0.39, 0.29) is 11.4 Å². The molecule has 1 fully saturated rings. The van der Waals surface area contributed by atoms with Gasteiger partial charge in [0.15, 0.2) is 0 Å². The van der Waals surface area contributed by atoms with Crippen molar-refractivity contribution in [3.63, 3.8) is 0 Å². The highest BCUT2D eigenvalue weighted by molar-refractivity contribution is 5.34. The maximum atomic E-state index is 12.8. The molecule has 78 valence electrons. The Labute approximate surface area is 88.5 Å². The second-order valence-corrected chi connectivity index (χ2v) is 3.82. The lowest BCUT2D eigenvalue weighted by Gasteiger charge is -2.18. The van der Waals surface area contributed by atoms with Crippen LogP contribution >= 0.6 is 0 Å². The molecule has 0 heterocycles. The smallest absolute Gasteiger partial charge is 0.123 e. The minimum absolute atomic E-state index is 0.0913. The minimum atomic E-state index is -0.213. The van der Waals surface area contributed by atoms with Crippen molar-refractivity contribution in [1.82, 2.24) is 5.32 Å². The molecule has 0 amide bonds. The van der Waals surface area contributed by atoms with Gasteiger partial charge in [-0.2, -0.15) is 0 Å². The van der Waals surface area contributed by atoms with Crippen LogP contribution in [0, 0.1) is 5.82 Å². The van der Waals surface area contributed by atoms with E-state index in [2.05, 4.69) is 23.6 Å². The zero-order chi connectivity index (χ0) is 10.9. The third-order valence-electron chi connectivity index (χ3n) is 2.72. The summed E-state index contributed by atoms with van der Waals surface area (Å²) in [4.78, 5) is 3.73. The lowest BCUT2D eigenvalue weighted by Crippen LogP contribution is -2.27. The topological polar surface area (TPSA) is 24.4 Å². The van der Waals surface area contributed by atoms with Crippen LogP contribution in [-0.4, -0.2) is 6.72 Å². The minimum Gasteiger partial charge on any atom is -0.361 e. The molecule has 1 aromatic rings. The van der Waals surface area contributed by atoms with Crippen molar-refractivity contribution in [2.24, 2.45) is 4.99 Å². The molecule has 0 bridgehead atoms. The Hall–Kier alpha value is -1.64. The Morgan fingerprint density at radius 1 is 1.33 bits per heavy atom. The third kappa shape index (κ3) is 1.91. The summed E-state index contributed by atoms with van der Waals surface area (Å²) in [6.45, 7) is 7.14. The summed E-state index contributed by atoms with van der Waals surface area (Å²) in [5.74, 6) is 0.354. The van der Waals surface area contributed by atoms with E-state index in [1.165, 1.54) is 12.1 Å². The number of hydrogen-bond acceptors (Lipinski definition) is 2. The fourth-order valence-electron chi connectivity index (χ4n) is 1.70. The van der Waals surface area contributed by atoms with Gasteiger partial charge < -0.3 is 5.32 Å². The van der Waals surface area contributed by atoms with Gasteiger partial charge >= 0.3 is 0 Å². The SMILES string of the molecule is C=NC(=C)NC1(c2ccc(F)cc2)CC1. The van der Waals surface area contributed by atoms with Crippen LogP contribution in [0.2, 0.25) is 0 Å². The van der Waals surface area contributed by atoms with Crippen LogP contribution in [0.5, 0.6) is 0 Å². The van der Waals surface area contributed by atoms with E-state index in [9.17, 15) is 4.39 Å². The number of rotatable bonds is 4. The summed E-state index contributed by atoms with van der Waals surface area (Å²) in [6.07, 6.45) is 2.04. The van der Waals surface area contributed by atoms with Crippen LogP contribution in [0.4, 0.5) is 4.39 Å². The van der Waals surface area contributed by atoms with Crippen molar-refractivity contribution < 1.29 is 4.39 Å². The zero-order valence-corrected chi connectivity index (χ0v) is 8.46. The van der Waals surface area contributed by atoms with Gasteiger partial charge in [-0.15, -0.1) is 0 Å². The van der Waals surface area contributed by atoms with Gasteiger partial charge in [-0.05, 0) is 37.3 Å². The molecule has 0 radical (unpaired) electrons. The maximum absolute atomic E-state index is 12.8. The molecule has 1 aliphatic carbocycles. The summed E-state index contributed by atoms with van der Waals surface area (Å²) < 4.78 is 12.8. The van der Waals surface area contributed by atoms with Gasteiger partial charge in [-0.1, -0.05) is 18.7 Å². The summed E-state index contributed by atoms with van der Waals surface area (Å²) in [5, 5.41) is 3.21. The lowest BCUT2D eigenvalue weighted by molar-refractivity contribution is 0.581. The fraction of sp³-hybridized carbons (Fsp3) is 0.250. The normalized spacial score (nSPS) is 16.9. The Bertz CT molecular complexity index is 391. The second-order valence-electron chi connectivity index (χ2n) is 3.82. The summed E-state index contributed by atoms with van der Waals surface area (Å²) in [6, 6.07) is 6.54. The molecule has 0 aromatic heterocycles. The van der Waals surface area contributed by atoms with E-state index in [0.29, 0.717) is 5.82 Å². The number of benzene rings is 1. The highest BCUT2D eigenvalue weighted by atomic mass is 19.1.